The van der Waals surface area contributed by atoms with E-state index in [4.69, 9.17) is 4.74 Å². The minimum absolute atomic E-state index is 0.108. The van der Waals surface area contributed by atoms with Gasteiger partial charge in [0.25, 0.3) is 0 Å². The molecule has 124 valence electrons. The first-order valence-corrected chi connectivity index (χ1v) is 8.09. The Morgan fingerprint density at radius 2 is 1.82 bits per heavy atom. The van der Waals surface area contributed by atoms with Crippen molar-refractivity contribution in [2.24, 2.45) is 0 Å². The van der Waals surface area contributed by atoms with Gasteiger partial charge in [0.05, 0.1) is 6.61 Å². The average Bonchev–Trinajstić information content (AvgIpc) is 2.53. The van der Waals surface area contributed by atoms with Gasteiger partial charge in [0, 0.05) is 19.6 Å². The predicted molar refractivity (Wildman–Crippen MR) is 90.5 cm³/mol. The molecule has 0 fully saturated rings. The summed E-state index contributed by atoms with van der Waals surface area (Å²) in [5, 5.41) is 5.71. The molecule has 0 bridgehead atoms. The standard InChI is InChI=1S/C17H29N3O2/c1-4-20(5-2)13-12-19-17(21)18-11-8-14-22-16-10-7-6-9-15(16)3/h6-7,9-10H,4-5,8,11-14H2,1-3H3,(H2,18,19,21). The minimum atomic E-state index is -0.108. The number of rotatable bonds is 10. The van der Waals surface area contributed by atoms with E-state index in [2.05, 4.69) is 29.4 Å². The van der Waals surface area contributed by atoms with Crippen LogP contribution in [-0.4, -0.2) is 50.3 Å². The summed E-state index contributed by atoms with van der Waals surface area (Å²) in [4.78, 5) is 13.9. The van der Waals surface area contributed by atoms with Crippen LogP contribution in [0.5, 0.6) is 5.75 Å². The Hall–Kier alpha value is -1.75. The molecule has 0 unspecified atom stereocenters. The van der Waals surface area contributed by atoms with Crippen LogP contribution in [0.1, 0.15) is 25.8 Å². The largest absolute Gasteiger partial charge is 0.493 e. The van der Waals surface area contributed by atoms with Gasteiger partial charge >= 0.3 is 6.03 Å². The molecule has 2 amide bonds. The topological polar surface area (TPSA) is 53.6 Å². The normalized spacial score (nSPS) is 10.5. The van der Waals surface area contributed by atoms with E-state index in [0.717, 1.165) is 37.4 Å². The molecule has 0 aromatic heterocycles. The summed E-state index contributed by atoms with van der Waals surface area (Å²) in [6.07, 6.45) is 0.789. The second-order valence-electron chi connectivity index (χ2n) is 5.18. The highest BCUT2D eigenvalue weighted by molar-refractivity contribution is 5.73. The predicted octanol–water partition coefficient (Wildman–Crippen LogP) is 2.40. The molecule has 0 radical (unpaired) electrons. The van der Waals surface area contributed by atoms with Crippen molar-refractivity contribution in [1.82, 2.24) is 15.5 Å². The summed E-state index contributed by atoms with van der Waals surface area (Å²) >= 11 is 0. The van der Waals surface area contributed by atoms with Gasteiger partial charge in [0.2, 0.25) is 0 Å². The Bertz CT molecular complexity index is 434. The zero-order valence-electron chi connectivity index (χ0n) is 14.0. The molecule has 0 aliphatic carbocycles. The van der Waals surface area contributed by atoms with Crippen molar-refractivity contribution >= 4 is 6.03 Å². The van der Waals surface area contributed by atoms with Crippen LogP contribution in [0.4, 0.5) is 4.79 Å². The molecule has 1 aromatic rings. The third-order valence-corrected chi connectivity index (χ3v) is 3.57. The molecule has 0 saturated carbocycles. The first kappa shape index (κ1) is 18.3. The number of benzene rings is 1. The summed E-state index contributed by atoms with van der Waals surface area (Å²) in [6, 6.07) is 7.83. The summed E-state index contributed by atoms with van der Waals surface area (Å²) in [5.74, 6) is 0.908. The van der Waals surface area contributed by atoms with Crippen molar-refractivity contribution in [3.05, 3.63) is 29.8 Å². The number of carbonyl (C=O) groups is 1. The van der Waals surface area contributed by atoms with E-state index in [1.165, 1.54) is 0 Å². The molecule has 5 heteroatoms. The molecule has 1 rings (SSSR count). The smallest absolute Gasteiger partial charge is 0.314 e. The van der Waals surface area contributed by atoms with E-state index in [9.17, 15) is 4.79 Å². The zero-order valence-corrected chi connectivity index (χ0v) is 14.0. The monoisotopic (exact) mass is 307 g/mol. The molecule has 22 heavy (non-hydrogen) atoms. The van der Waals surface area contributed by atoms with Crippen LogP contribution in [0.25, 0.3) is 0 Å². The van der Waals surface area contributed by atoms with Crippen LogP contribution in [-0.2, 0) is 0 Å². The number of para-hydroxylation sites is 1. The number of amides is 2. The van der Waals surface area contributed by atoms with Crippen molar-refractivity contribution in [2.75, 3.05) is 39.3 Å². The second-order valence-corrected chi connectivity index (χ2v) is 5.18. The fraction of sp³-hybridized carbons (Fsp3) is 0.588. The molecule has 1 aromatic carbocycles. The highest BCUT2D eigenvalue weighted by Crippen LogP contribution is 2.15. The van der Waals surface area contributed by atoms with E-state index < -0.39 is 0 Å². The number of hydrogen-bond acceptors (Lipinski definition) is 3. The SMILES string of the molecule is CCN(CC)CCNC(=O)NCCCOc1ccccc1C. The summed E-state index contributed by atoms with van der Waals surface area (Å²) in [5.41, 5.74) is 1.13. The fourth-order valence-corrected chi connectivity index (χ4v) is 2.10. The van der Waals surface area contributed by atoms with Gasteiger partial charge in [-0.05, 0) is 38.1 Å². The lowest BCUT2D eigenvalue weighted by molar-refractivity contribution is 0.235. The van der Waals surface area contributed by atoms with Crippen LogP contribution >= 0.6 is 0 Å². The van der Waals surface area contributed by atoms with E-state index in [1.807, 2.05) is 31.2 Å². The maximum atomic E-state index is 11.6. The highest BCUT2D eigenvalue weighted by Gasteiger charge is 2.02. The molecule has 0 saturated heterocycles. The number of aryl methyl sites for hydroxylation is 1. The van der Waals surface area contributed by atoms with Crippen molar-refractivity contribution in [2.45, 2.75) is 27.2 Å². The molecule has 0 spiro atoms. The van der Waals surface area contributed by atoms with Crippen LogP contribution < -0.4 is 15.4 Å². The summed E-state index contributed by atoms with van der Waals surface area (Å²) in [6.45, 7) is 11.1. The third-order valence-electron chi connectivity index (χ3n) is 3.57. The Balaban J connectivity index is 2.04. The third kappa shape index (κ3) is 7.31. The number of carbonyl (C=O) groups excluding carboxylic acids is 1. The number of ether oxygens (including phenoxy) is 1. The molecule has 0 aliphatic rings. The maximum Gasteiger partial charge on any atom is 0.314 e. The van der Waals surface area contributed by atoms with Crippen LogP contribution in [0.2, 0.25) is 0 Å². The van der Waals surface area contributed by atoms with Crippen molar-refractivity contribution in [1.29, 1.82) is 0 Å². The molecule has 0 aliphatic heterocycles. The summed E-state index contributed by atoms with van der Waals surface area (Å²) in [7, 11) is 0. The van der Waals surface area contributed by atoms with Gasteiger partial charge in [-0.1, -0.05) is 32.0 Å². The van der Waals surface area contributed by atoms with Crippen LogP contribution in [0.3, 0.4) is 0 Å². The second kappa shape index (κ2) is 10.9. The van der Waals surface area contributed by atoms with E-state index in [-0.39, 0.29) is 6.03 Å². The fourth-order valence-electron chi connectivity index (χ4n) is 2.10. The number of hydrogen-bond donors (Lipinski definition) is 2. The molecular weight excluding hydrogens is 278 g/mol. The molecular formula is C17H29N3O2. The van der Waals surface area contributed by atoms with E-state index in [0.29, 0.717) is 19.7 Å². The van der Waals surface area contributed by atoms with Crippen molar-refractivity contribution in [3.8, 4) is 5.75 Å². The Labute approximate surface area is 134 Å². The van der Waals surface area contributed by atoms with Gasteiger partial charge in [-0.2, -0.15) is 0 Å². The number of likely N-dealkylation sites (N-methyl/N-ethyl adjacent to an activating group) is 1. The van der Waals surface area contributed by atoms with Crippen molar-refractivity contribution in [3.63, 3.8) is 0 Å². The van der Waals surface area contributed by atoms with E-state index in [1.54, 1.807) is 0 Å². The van der Waals surface area contributed by atoms with Gasteiger partial charge < -0.3 is 20.3 Å². The first-order valence-electron chi connectivity index (χ1n) is 8.09. The minimum Gasteiger partial charge on any atom is -0.493 e. The lowest BCUT2D eigenvalue weighted by Crippen LogP contribution is -2.40. The Morgan fingerprint density at radius 1 is 1.14 bits per heavy atom. The average molecular weight is 307 g/mol. The van der Waals surface area contributed by atoms with Crippen LogP contribution in [0, 0.1) is 6.92 Å². The van der Waals surface area contributed by atoms with Gasteiger partial charge in [-0.3, -0.25) is 0 Å². The lowest BCUT2D eigenvalue weighted by atomic mass is 10.2. The van der Waals surface area contributed by atoms with Gasteiger partial charge in [-0.15, -0.1) is 0 Å². The molecule has 0 heterocycles. The maximum absolute atomic E-state index is 11.6. The molecule has 2 N–H and O–H groups in total. The quantitative estimate of drug-likeness (QED) is 0.653. The Morgan fingerprint density at radius 3 is 2.50 bits per heavy atom. The molecule has 0 atom stereocenters. The van der Waals surface area contributed by atoms with Crippen LogP contribution in [0.15, 0.2) is 24.3 Å². The van der Waals surface area contributed by atoms with Crippen molar-refractivity contribution < 1.29 is 9.53 Å². The lowest BCUT2D eigenvalue weighted by Gasteiger charge is -2.18. The summed E-state index contributed by atoms with van der Waals surface area (Å²) < 4.78 is 5.68. The van der Waals surface area contributed by atoms with Gasteiger partial charge in [-0.25, -0.2) is 4.79 Å². The van der Waals surface area contributed by atoms with Gasteiger partial charge in [0.15, 0.2) is 0 Å². The first-order chi connectivity index (χ1) is 10.7. The Kier molecular flexibility index (Phi) is 9.07. The number of urea groups is 1. The van der Waals surface area contributed by atoms with Gasteiger partial charge in [0.1, 0.15) is 5.75 Å². The number of nitrogens with one attached hydrogen (secondary N) is 2. The van der Waals surface area contributed by atoms with E-state index >= 15 is 0 Å². The zero-order chi connectivity index (χ0) is 16.2. The molecule has 5 nitrogen and oxygen atoms in total. The number of nitrogens with zero attached hydrogens (tertiary/aromatic N) is 1. The highest BCUT2D eigenvalue weighted by atomic mass is 16.5.